The van der Waals surface area contributed by atoms with Gasteiger partial charge < -0.3 is 5.73 Å². The lowest BCUT2D eigenvalue weighted by atomic mass is 10.00. The van der Waals surface area contributed by atoms with Crippen molar-refractivity contribution >= 4 is 17.7 Å². The molecule has 4 nitrogen and oxygen atoms in total. The summed E-state index contributed by atoms with van der Waals surface area (Å²) in [5.74, 6) is 0. The third kappa shape index (κ3) is 4.24. The third-order valence-corrected chi connectivity index (χ3v) is 3.13. The number of amides is 2. The lowest BCUT2D eigenvalue weighted by molar-refractivity contribution is 0.246. The van der Waals surface area contributed by atoms with Crippen molar-refractivity contribution in [1.82, 2.24) is 10.9 Å². The summed E-state index contributed by atoms with van der Waals surface area (Å²) in [6.45, 7) is 6.01. The second kappa shape index (κ2) is 7.13. The predicted octanol–water partition coefficient (Wildman–Crippen LogP) is 3.22. The summed E-state index contributed by atoms with van der Waals surface area (Å²) in [6.07, 6.45) is 2.01. The van der Waals surface area contributed by atoms with E-state index in [1.54, 1.807) is 0 Å². The fraction of sp³-hybridized carbons (Fsp3) is 0.0556. The first-order chi connectivity index (χ1) is 10.6. The lowest BCUT2D eigenvalue weighted by Gasteiger charge is -2.14. The molecule has 112 valence electrons. The first-order valence-corrected chi connectivity index (χ1v) is 6.91. The normalized spacial score (nSPS) is 10.9. The molecule has 0 saturated carbocycles. The molecule has 0 heterocycles. The minimum atomic E-state index is -0.663. The van der Waals surface area contributed by atoms with Gasteiger partial charge in [-0.05, 0) is 24.1 Å². The van der Waals surface area contributed by atoms with Gasteiger partial charge in [0.2, 0.25) is 0 Å². The van der Waals surface area contributed by atoms with Gasteiger partial charge >= 0.3 is 6.03 Å². The second-order valence-electron chi connectivity index (χ2n) is 4.93. The molecule has 0 fully saturated rings. The molecule has 4 N–H and O–H groups in total. The Kier molecular flexibility index (Phi) is 4.98. The number of primary amides is 1. The van der Waals surface area contributed by atoms with E-state index in [1.165, 1.54) is 5.56 Å². The number of benzene rings is 2. The molecule has 2 rings (SSSR count). The Morgan fingerprint density at radius 3 is 2.27 bits per heavy atom. The molecule has 0 aliphatic rings. The maximum Gasteiger partial charge on any atom is 0.330 e. The maximum atomic E-state index is 10.8. The molecule has 0 aliphatic carbocycles. The molecule has 4 heteroatoms. The number of hydrogen-bond acceptors (Lipinski definition) is 2. The van der Waals surface area contributed by atoms with Crippen LogP contribution >= 0.6 is 0 Å². The fourth-order valence-corrected chi connectivity index (χ4v) is 2.00. The molecule has 0 atom stereocenters. The van der Waals surface area contributed by atoms with E-state index in [0.717, 1.165) is 16.7 Å². The molecule has 2 aromatic rings. The van der Waals surface area contributed by atoms with Gasteiger partial charge in [0, 0.05) is 5.57 Å². The number of urea groups is 1. The van der Waals surface area contributed by atoms with Crippen molar-refractivity contribution in [3.05, 3.63) is 83.6 Å². The van der Waals surface area contributed by atoms with E-state index in [-0.39, 0.29) is 0 Å². The Morgan fingerprint density at radius 2 is 1.68 bits per heavy atom. The summed E-state index contributed by atoms with van der Waals surface area (Å²) in [5, 5.41) is 0. The predicted molar refractivity (Wildman–Crippen MR) is 90.5 cm³/mol. The van der Waals surface area contributed by atoms with E-state index in [1.807, 2.05) is 67.6 Å². The Hall–Kier alpha value is -3.01. The van der Waals surface area contributed by atoms with Crippen LogP contribution in [0.1, 0.15) is 16.7 Å². The zero-order chi connectivity index (χ0) is 15.9. The molecule has 0 spiro atoms. The van der Waals surface area contributed by atoms with Gasteiger partial charge in [0.1, 0.15) is 0 Å². The number of carbonyl (C=O) groups excluding carboxylic acids is 1. The van der Waals surface area contributed by atoms with Gasteiger partial charge in [0.05, 0.1) is 5.70 Å². The molecular weight excluding hydrogens is 274 g/mol. The van der Waals surface area contributed by atoms with Crippen LogP contribution in [0.4, 0.5) is 4.79 Å². The molecule has 0 aliphatic heterocycles. The molecule has 22 heavy (non-hydrogen) atoms. The smallest absolute Gasteiger partial charge is 0.330 e. The van der Waals surface area contributed by atoms with Crippen LogP contribution in [0.25, 0.3) is 11.6 Å². The van der Waals surface area contributed by atoms with Gasteiger partial charge in [0.25, 0.3) is 0 Å². The number of aryl methyl sites for hydroxylation is 1. The quantitative estimate of drug-likeness (QED) is 0.450. The van der Waals surface area contributed by atoms with Crippen LogP contribution in [0.15, 0.2) is 66.9 Å². The molecule has 2 amide bonds. The van der Waals surface area contributed by atoms with Gasteiger partial charge in [-0.1, -0.05) is 66.7 Å². The monoisotopic (exact) mass is 293 g/mol. The number of hydrogen-bond donors (Lipinski definition) is 3. The van der Waals surface area contributed by atoms with Crippen LogP contribution in [0.3, 0.4) is 0 Å². The summed E-state index contributed by atoms with van der Waals surface area (Å²) in [7, 11) is 0. The largest absolute Gasteiger partial charge is 0.350 e. The zero-order valence-corrected chi connectivity index (χ0v) is 12.5. The van der Waals surface area contributed by atoms with E-state index < -0.39 is 6.03 Å². The summed E-state index contributed by atoms with van der Waals surface area (Å²) in [5.41, 5.74) is 14.8. The van der Waals surface area contributed by atoms with Crippen molar-refractivity contribution in [3.8, 4) is 0 Å². The summed E-state index contributed by atoms with van der Waals surface area (Å²) in [6, 6.07) is 17.3. The van der Waals surface area contributed by atoms with Crippen molar-refractivity contribution in [2.24, 2.45) is 5.73 Å². The van der Waals surface area contributed by atoms with Crippen molar-refractivity contribution in [1.29, 1.82) is 0 Å². The molecule has 0 unspecified atom stereocenters. The Morgan fingerprint density at radius 1 is 1.05 bits per heavy atom. The van der Waals surface area contributed by atoms with Crippen LogP contribution in [-0.4, -0.2) is 6.03 Å². The van der Waals surface area contributed by atoms with Gasteiger partial charge in [-0.25, -0.2) is 4.79 Å². The summed E-state index contributed by atoms with van der Waals surface area (Å²) in [4.78, 5) is 10.8. The van der Waals surface area contributed by atoms with E-state index in [0.29, 0.717) is 5.70 Å². The van der Waals surface area contributed by atoms with Crippen LogP contribution in [0, 0.1) is 6.92 Å². The van der Waals surface area contributed by atoms with E-state index in [2.05, 4.69) is 17.4 Å². The first-order valence-electron chi connectivity index (χ1n) is 6.91. The van der Waals surface area contributed by atoms with Gasteiger partial charge in [-0.15, -0.1) is 0 Å². The minimum absolute atomic E-state index is 0.561. The van der Waals surface area contributed by atoms with Crippen LogP contribution < -0.4 is 16.6 Å². The molecular formula is C18H19N3O. The number of hydrazine groups is 1. The van der Waals surface area contributed by atoms with Gasteiger partial charge in [0.15, 0.2) is 0 Å². The van der Waals surface area contributed by atoms with E-state index in [4.69, 9.17) is 5.73 Å². The van der Waals surface area contributed by atoms with Gasteiger partial charge in [-0.3, -0.25) is 10.9 Å². The highest BCUT2D eigenvalue weighted by molar-refractivity contribution is 5.90. The number of nitrogens with one attached hydrogen (secondary N) is 2. The molecule has 0 radical (unpaired) electrons. The van der Waals surface area contributed by atoms with Crippen molar-refractivity contribution in [2.45, 2.75) is 6.92 Å². The number of rotatable bonds is 5. The SMILES string of the molecule is C=C(NNC(N)=O)C(=Cc1ccc(C)cc1)c1ccccc1. The van der Waals surface area contributed by atoms with Crippen molar-refractivity contribution in [2.75, 3.05) is 0 Å². The first kappa shape index (κ1) is 15.4. The Labute approximate surface area is 130 Å². The number of nitrogens with two attached hydrogens (primary N) is 1. The average Bonchev–Trinajstić information content (AvgIpc) is 2.53. The number of allylic oxidation sites excluding steroid dienone is 1. The topological polar surface area (TPSA) is 67.2 Å². The third-order valence-electron chi connectivity index (χ3n) is 3.13. The maximum absolute atomic E-state index is 10.8. The molecule has 0 saturated heterocycles. The van der Waals surface area contributed by atoms with Crippen molar-refractivity contribution in [3.63, 3.8) is 0 Å². The minimum Gasteiger partial charge on any atom is -0.350 e. The van der Waals surface area contributed by atoms with Crippen molar-refractivity contribution < 1.29 is 4.79 Å². The zero-order valence-electron chi connectivity index (χ0n) is 12.5. The van der Waals surface area contributed by atoms with Gasteiger partial charge in [-0.2, -0.15) is 0 Å². The van der Waals surface area contributed by atoms with Crippen LogP contribution in [0.5, 0.6) is 0 Å². The highest BCUT2D eigenvalue weighted by Gasteiger charge is 2.06. The highest BCUT2D eigenvalue weighted by atomic mass is 16.2. The highest BCUT2D eigenvalue weighted by Crippen LogP contribution is 2.23. The summed E-state index contributed by atoms with van der Waals surface area (Å²) >= 11 is 0. The summed E-state index contributed by atoms with van der Waals surface area (Å²) < 4.78 is 0. The average molecular weight is 293 g/mol. The Bertz CT molecular complexity index is 688. The standard InChI is InChI=1S/C18H19N3O/c1-13-8-10-15(11-9-13)12-17(14(2)20-21-18(19)22)16-6-4-3-5-7-16/h3-12,20H,2H2,1H3,(H3,19,21,22). The van der Waals surface area contributed by atoms with Crippen LogP contribution in [-0.2, 0) is 0 Å². The fourth-order valence-electron chi connectivity index (χ4n) is 2.00. The lowest BCUT2D eigenvalue weighted by Crippen LogP contribution is -2.40. The second-order valence-corrected chi connectivity index (χ2v) is 4.93. The van der Waals surface area contributed by atoms with Crippen LogP contribution in [0.2, 0.25) is 0 Å². The molecule has 0 bridgehead atoms. The van der Waals surface area contributed by atoms with E-state index in [9.17, 15) is 4.79 Å². The number of carbonyl (C=O) groups is 1. The molecule has 0 aromatic heterocycles. The van der Waals surface area contributed by atoms with E-state index >= 15 is 0 Å². The Balaban J connectivity index is 2.35. The molecule has 2 aromatic carbocycles.